The molecule has 0 bridgehead atoms. The highest BCUT2D eigenvalue weighted by Crippen LogP contribution is 2.27. The van der Waals surface area contributed by atoms with E-state index < -0.39 is 0 Å². The molecular weight excluding hydrogens is 372 g/mol. The molecule has 0 radical (unpaired) electrons. The average Bonchev–Trinajstić information content (AvgIpc) is 2.80. The first-order valence-corrected chi connectivity index (χ1v) is 10.0. The Morgan fingerprint density at radius 2 is 1.27 bits per heavy atom. The van der Waals surface area contributed by atoms with Gasteiger partial charge >= 0.3 is 0 Å². The van der Waals surface area contributed by atoms with Gasteiger partial charge in [-0.25, -0.2) is 0 Å². The van der Waals surface area contributed by atoms with Crippen LogP contribution in [0.5, 0.6) is 11.6 Å². The summed E-state index contributed by atoms with van der Waals surface area (Å²) in [6.07, 6.45) is 0.695. The standard InChI is InChI=1S/C26H24N2O2/c1-20-10-8-9-15-23(20)16-24-17-25(29-18-21-11-4-2-5-12-21)26(28-27-24)30-19-22-13-6-3-7-14-22/h2-15,17H,16,18-19H2,1H3. The average molecular weight is 396 g/mol. The molecule has 0 aliphatic carbocycles. The molecule has 4 rings (SSSR count). The van der Waals surface area contributed by atoms with Crippen LogP contribution in [0.4, 0.5) is 0 Å². The highest BCUT2D eigenvalue weighted by atomic mass is 16.5. The molecule has 0 fully saturated rings. The first-order valence-electron chi connectivity index (χ1n) is 10.0. The zero-order valence-electron chi connectivity index (χ0n) is 17.0. The second-order valence-electron chi connectivity index (χ2n) is 7.16. The zero-order chi connectivity index (χ0) is 20.6. The highest BCUT2D eigenvalue weighted by molar-refractivity contribution is 5.37. The summed E-state index contributed by atoms with van der Waals surface area (Å²) in [5.41, 5.74) is 5.45. The van der Waals surface area contributed by atoms with Crippen LogP contribution in [0.3, 0.4) is 0 Å². The van der Waals surface area contributed by atoms with Crippen LogP contribution in [0.25, 0.3) is 0 Å². The Morgan fingerprint density at radius 3 is 1.93 bits per heavy atom. The van der Waals surface area contributed by atoms with E-state index >= 15 is 0 Å². The number of hydrogen-bond donors (Lipinski definition) is 0. The van der Waals surface area contributed by atoms with E-state index in [0.29, 0.717) is 31.3 Å². The Balaban J connectivity index is 1.55. The van der Waals surface area contributed by atoms with Crippen LogP contribution in [-0.2, 0) is 19.6 Å². The topological polar surface area (TPSA) is 44.2 Å². The number of rotatable bonds is 8. The van der Waals surface area contributed by atoms with Gasteiger partial charge in [0.15, 0.2) is 5.75 Å². The fraction of sp³-hybridized carbons (Fsp3) is 0.154. The minimum absolute atomic E-state index is 0.406. The Kier molecular flexibility index (Phi) is 6.35. The van der Waals surface area contributed by atoms with E-state index in [2.05, 4.69) is 29.3 Å². The van der Waals surface area contributed by atoms with E-state index in [1.165, 1.54) is 11.1 Å². The monoisotopic (exact) mass is 396 g/mol. The van der Waals surface area contributed by atoms with Crippen molar-refractivity contribution < 1.29 is 9.47 Å². The summed E-state index contributed by atoms with van der Waals surface area (Å²) in [4.78, 5) is 0. The van der Waals surface area contributed by atoms with Crippen LogP contribution in [0.15, 0.2) is 91.0 Å². The smallest absolute Gasteiger partial charge is 0.276 e. The molecule has 4 heteroatoms. The van der Waals surface area contributed by atoms with Gasteiger partial charge in [0.1, 0.15) is 13.2 Å². The van der Waals surface area contributed by atoms with Crippen LogP contribution >= 0.6 is 0 Å². The maximum atomic E-state index is 6.09. The van der Waals surface area contributed by atoms with Crippen molar-refractivity contribution in [2.75, 3.05) is 0 Å². The third kappa shape index (κ3) is 5.23. The Bertz CT molecular complexity index is 1080. The third-order valence-electron chi connectivity index (χ3n) is 4.87. The van der Waals surface area contributed by atoms with Crippen molar-refractivity contribution in [3.8, 4) is 11.6 Å². The van der Waals surface area contributed by atoms with E-state index in [1.54, 1.807) is 0 Å². The van der Waals surface area contributed by atoms with Gasteiger partial charge < -0.3 is 9.47 Å². The molecule has 0 N–H and O–H groups in total. The molecule has 0 spiro atoms. The first kappa shape index (κ1) is 19.6. The highest BCUT2D eigenvalue weighted by Gasteiger charge is 2.12. The van der Waals surface area contributed by atoms with E-state index in [4.69, 9.17) is 9.47 Å². The fourth-order valence-electron chi connectivity index (χ4n) is 3.16. The van der Waals surface area contributed by atoms with Gasteiger partial charge in [0.25, 0.3) is 5.88 Å². The summed E-state index contributed by atoms with van der Waals surface area (Å²) in [5, 5.41) is 8.72. The lowest BCUT2D eigenvalue weighted by Crippen LogP contribution is -2.05. The van der Waals surface area contributed by atoms with Crippen LogP contribution in [0, 0.1) is 6.92 Å². The minimum atomic E-state index is 0.406. The molecular formula is C26H24N2O2. The zero-order valence-corrected chi connectivity index (χ0v) is 17.0. The predicted molar refractivity (Wildman–Crippen MR) is 118 cm³/mol. The van der Waals surface area contributed by atoms with Crippen LogP contribution < -0.4 is 9.47 Å². The van der Waals surface area contributed by atoms with Crippen molar-refractivity contribution in [2.45, 2.75) is 26.6 Å². The molecule has 0 atom stereocenters. The summed E-state index contributed by atoms with van der Waals surface area (Å²) in [6.45, 7) is 2.96. The summed E-state index contributed by atoms with van der Waals surface area (Å²) in [5.74, 6) is 1.01. The summed E-state index contributed by atoms with van der Waals surface area (Å²) < 4.78 is 12.0. The molecule has 4 nitrogen and oxygen atoms in total. The number of nitrogens with zero attached hydrogens (tertiary/aromatic N) is 2. The van der Waals surface area contributed by atoms with E-state index in [0.717, 1.165) is 16.8 Å². The van der Waals surface area contributed by atoms with Gasteiger partial charge in [0.05, 0.1) is 5.69 Å². The largest absolute Gasteiger partial charge is 0.483 e. The Hall–Kier alpha value is -3.66. The molecule has 0 saturated heterocycles. The molecule has 0 aliphatic heterocycles. The Labute approximate surface area is 177 Å². The van der Waals surface area contributed by atoms with Crippen molar-refractivity contribution in [2.24, 2.45) is 0 Å². The lowest BCUT2D eigenvalue weighted by atomic mass is 10.0. The van der Waals surface area contributed by atoms with Gasteiger partial charge in [0, 0.05) is 12.5 Å². The lowest BCUT2D eigenvalue weighted by molar-refractivity contribution is 0.243. The first-order chi connectivity index (χ1) is 14.8. The van der Waals surface area contributed by atoms with E-state index in [9.17, 15) is 0 Å². The summed E-state index contributed by atoms with van der Waals surface area (Å²) in [6, 6.07) is 30.3. The Morgan fingerprint density at radius 1 is 0.667 bits per heavy atom. The summed E-state index contributed by atoms with van der Waals surface area (Å²) in [7, 11) is 0. The van der Waals surface area contributed by atoms with Gasteiger partial charge in [-0.3, -0.25) is 0 Å². The van der Waals surface area contributed by atoms with Gasteiger partial charge in [-0.15, -0.1) is 5.10 Å². The number of aromatic nitrogens is 2. The van der Waals surface area contributed by atoms with E-state index in [-0.39, 0.29) is 0 Å². The maximum Gasteiger partial charge on any atom is 0.276 e. The molecule has 1 heterocycles. The number of benzene rings is 3. The molecule has 0 aliphatic rings. The molecule has 0 saturated carbocycles. The number of ether oxygens (including phenoxy) is 2. The van der Waals surface area contributed by atoms with Crippen molar-refractivity contribution in [1.29, 1.82) is 0 Å². The van der Waals surface area contributed by atoms with Crippen LogP contribution in [-0.4, -0.2) is 10.2 Å². The van der Waals surface area contributed by atoms with Gasteiger partial charge in [-0.1, -0.05) is 84.9 Å². The minimum Gasteiger partial charge on any atom is -0.483 e. The number of aryl methyl sites for hydroxylation is 1. The molecule has 4 aromatic rings. The molecule has 3 aromatic carbocycles. The third-order valence-corrected chi connectivity index (χ3v) is 4.87. The van der Waals surface area contributed by atoms with Crippen molar-refractivity contribution in [3.05, 3.63) is 119 Å². The molecule has 0 unspecified atom stereocenters. The fourth-order valence-corrected chi connectivity index (χ4v) is 3.16. The predicted octanol–water partition coefficient (Wildman–Crippen LogP) is 5.53. The maximum absolute atomic E-state index is 6.09. The second kappa shape index (κ2) is 9.70. The van der Waals surface area contributed by atoms with Gasteiger partial charge in [-0.2, -0.15) is 5.10 Å². The SMILES string of the molecule is Cc1ccccc1Cc1cc(OCc2ccccc2)c(OCc2ccccc2)nn1. The van der Waals surface area contributed by atoms with E-state index in [1.807, 2.05) is 78.9 Å². The van der Waals surface area contributed by atoms with Gasteiger partial charge in [0.2, 0.25) is 0 Å². The molecule has 1 aromatic heterocycles. The van der Waals surface area contributed by atoms with Crippen molar-refractivity contribution >= 4 is 0 Å². The van der Waals surface area contributed by atoms with Crippen LogP contribution in [0.1, 0.15) is 27.9 Å². The van der Waals surface area contributed by atoms with Crippen molar-refractivity contribution in [1.82, 2.24) is 10.2 Å². The van der Waals surface area contributed by atoms with Crippen molar-refractivity contribution in [3.63, 3.8) is 0 Å². The normalized spacial score (nSPS) is 10.6. The lowest BCUT2D eigenvalue weighted by Gasteiger charge is -2.13. The quantitative estimate of drug-likeness (QED) is 0.393. The molecule has 30 heavy (non-hydrogen) atoms. The second-order valence-corrected chi connectivity index (χ2v) is 7.16. The van der Waals surface area contributed by atoms with Crippen LogP contribution in [0.2, 0.25) is 0 Å². The molecule has 0 amide bonds. The number of hydrogen-bond acceptors (Lipinski definition) is 4. The van der Waals surface area contributed by atoms with Gasteiger partial charge in [-0.05, 0) is 29.2 Å². The molecule has 150 valence electrons. The summed E-state index contributed by atoms with van der Waals surface area (Å²) >= 11 is 0.